The summed E-state index contributed by atoms with van der Waals surface area (Å²) in [6, 6.07) is 0. The minimum absolute atomic E-state index is 0.155. The van der Waals surface area contributed by atoms with Crippen LogP contribution in [0, 0.1) is 0 Å². The van der Waals surface area contributed by atoms with Gasteiger partial charge in [0.15, 0.2) is 0 Å². The summed E-state index contributed by atoms with van der Waals surface area (Å²) < 4.78 is 15.9. The molecule has 1 rings (SSSR count). The molecule has 0 radical (unpaired) electrons. The highest BCUT2D eigenvalue weighted by molar-refractivity contribution is 5.86. The Hall–Kier alpha value is -1.81. The van der Waals surface area contributed by atoms with Crippen molar-refractivity contribution in [3.63, 3.8) is 0 Å². The van der Waals surface area contributed by atoms with E-state index in [1.54, 1.807) is 13.2 Å². The summed E-state index contributed by atoms with van der Waals surface area (Å²) in [5, 5.41) is 0. The Morgan fingerprint density at radius 1 is 1.08 bits per heavy atom. The molecule has 0 fully saturated rings. The van der Waals surface area contributed by atoms with Gasteiger partial charge in [-0.1, -0.05) is 54.7 Å². The molecular weight excluding hydrogens is 328 g/mol. The predicted octanol–water partition coefficient (Wildman–Crippen LogP) is 5.27. The van der Waals surface area contributed by atoms with Crippen LogP contribution in [-0.2, 0) is 19.0 Å². The maximum Gasteiger partial charge on any atom is 0.373 e. The number of allylic oxidation sites excluding steroid dienone is 6. The van der Waals surface area contributed by atoms with Gasteiger partial charge in [0.2, 0.25) is 5.76 Å². The highest BCUT2D eigenvalue weighted by atomic mass is 16.6. The Kier molecular flexibility index (Phi) is 11.5. The largest absolute Gasteiger partial charge is 0.490 e. The molecule has 26 heavy (non-hydrogen) atoms. The lowest BCUT2D eigenvalue weighted by atomic mass is 10.0. The molecule has 1 heterocycles. The number of carbonyl (C=O) groups is 1. The van der Waals surface area contributed by atoms with E-state index in [-0.39, 0.29) is 18.5 Å². The normalized spacial score (nSPS) is 29.3. The van der Waals surface area contributed by atoms with Gasteiger partial charge in [-0.25, -0.2) is 4.79 Å². The molecule has 0 aromatic heterocycles. The molecule has 0 saturated heterocycles. The molecular formula is C22H34O4. The van der Waals surface area contributed by atoms with E-state index in [4.69, 9.17) is 14.2 Å². The van der Waals surface area contributed by atoms with E-state index in [1.807, 2.05) is 19.1 Å². The first-order chi connectivity index (χ1) is 12.6. The first kappa shape index (κ1) is 22.2. The van der Waals surface area contributed by atoms with Crippen molar-refractivity contribution in [1.82, 2.24) is 0 Å². The van der Waals surface area contributed by atoms with Crippen molar-refractivity contribution < 1.29 is 19.0 Å². The zero-order valence-corrected chi connectivity index (χ0v) is 16.8. The average molecular weight is 363 g/mol. The molecule has 0 saturated carbocycles. The fourth-order valence-corrected chi connectivity index (χ4v) is 2.73. The number of esters is 1. The molecule has 146 valence electrons. The van der Waals surface area contributed by atoms with E-state index in [1.165, 1.54) is 44.8 Å². The van der Waals surface area contributed by atoms with Crippen molar-refractivity contribution in [2.45, 2.75) is 64.9 Å². The van der Waals surface area contributed by atoms with Gasteiger partial charge in [0.1, 0.15) is 12.7 Å². The lowest BCUT2D eigenvalue weighted by molar-refractivity contribution is -0.145. The van der Waals surface area contributed by atoms with Crippen molar-refractivity contribution in [2.75, 3.05) is 20.8 Å². The fraction of sp³-hybridized carbons (Fsp3) is 0.591. The number of cyclic esters (lactones) is 1. The Labute approximate surface area is 158 Å². The summed E-state index contributed by atoms with van der Waals surface area (Å²) in [5.74, 6) is -0.258. The van der Waals surface area contributed by atoms with Crippen molar-refractivity contribution in [1.29, 1.82) is 0 Å². The maximum atomic E-state index is 12.2. The van der Waals surface area contributed by atoms with Crippen LogP contribution in [0.15, 0.2) is 47.3 Å². The van der Waals surface area contributed by atoms with Crippen molar-refractivity contribution >= 4 is 5.97 Å². The molecule has 1 unspecified atom stereocenters. The molecule has 4 nitrogen and oxygen atoms in total. The van der Waals surface area contributed by atoms with E-state index < -0.39 is 5.97 Å². The van der Waals surface area contributed by atoms with Gasteiger partial charge in [0.25, 0.3) is 0 Å². The number of carbonyl (C=O) groups excluding carboxylic acids is 1. The number of hydrogen-bond acceptors (Lipinski definition) is 4. The van der Waals surface area contributed by atoms with E-state index >= 15 is 0 Å². The van der Waals surface area contributed by atoms with Gasteiger partial charge in [0, 0.05) is 7.11 Å². The lowest BCUT2D eigenvalue weighted by Crippen LogP contribution is -2.20. The Morgan fingerprint density at radius 3 is 2.54 bits per heavy atom. The van der Waals surface area contributed by atoms with E-state index in [9.17, 15) is 4.79 Å². The molecule has 1 atom stereocenters. The van der Waals surface area contributed by atoms with Gasteiger partial charge in [-0.2, -0.15) is 0 Å². The number of rotatable bonds is 2. The smallest absolute Gasteiger partial charge is 0.373 e. The molecule has 4 heteroatoms. The molecule has 0 spiro atoms. The third kappa shape index (κ3) is 9.62. The number of methoxy groups -OCH3 is 2. The van der Waals surface area contributed by atoms with Gasteiger partial charge in [-0.05, 0) is 45.6 Å². The van der Waals surface area contributed by atoms with Crippen molar-refractivity contribution in [3.05, 3.63) is 47.3 Å². The predicted molar refractivity (Wildman–Crippen MR) is 106 cm³/mol. The standard InChI is InChI=1S/C22H34O4/c1-18-12-9-7-5-6-8-10-13-19(2)16-21(25-4)22(23)26-17-20(24-3)15-11-14-18/h11,13-16,20H,5-10,12,17H2,1-4H3/b15-11+,18-14+,19-13+,21-16-. The molecule has 0 aromatic rings. The number of ether oxygens (including phenoxy) is 3. The zero-order chi connectivity index (χ0) is 19.2. The second-order valence-corrected chi connectivity index (χ2v) is 6.74. The molecule has 0 aromatic carbocycles. The average Bonchev–Trinajstić information content (AvgIpc) is 2.63. The van der Waals surface area contributed by atoms with Crippen molar-refractivity contribution in [3.8, 4) is 0 Å². The quantitative estimate of drug-likeness (QED) is 0.628. The third-order valence-corrected chi connectivity index (χ3v) is 4.41. The first-order valence-electron chi connectivity index (χ1n) is 9.53. The molecule has 0 bridgehead atoms. The van der Waals surface area contributed by atoms with Gasteiger partial charge in [-0.3, -0.25) is 0 Å². The molecule has 0 N–H and O–H groups in total. The fourth-order valence-electron chi connectivity index (χ4n) is 2.73. The van der Waals surface area contributed by atoms with Gasteiger partial charge < -0.3 is 14.2 Å². The topological polar surface area (TPSA) is 44.8 Å². The summed E-state index contributed by atoms with van der Waals surface area (Å²) in [4.78, 5) is 12.2. The van der Waals surface area contributed by atoms with Gasteiger partial charge in [0.05, 0.1) is 7.11 Å². The molecule has 1 aliphatic rings. The van der Waals surface area contributed by atoms with E-state index in [0.29, 0.717) is 0 Å². The first-order valence-corrected chi connectivity index (χ1v) is 9.53. The molecule has 1 aliphatic heterocycles. The van der Waals surface area contributed by atoms with Crippen LogP contribution >= 0.6 is 0 Å². The van der Waals surface area contributed by atoms with Crippen molar-refractivity contribution in [2.24, 2.45) is 0 Å². The maximum absolute atomic E-state index is 12.2. The highest BCUT2D eigenvalue weighted by Crippen LogP contribution is 2.14. The van der Waals surface area contributed by atoms with Crippen LogP contribution in [0.1, 0.15) is 58.8 Å². The molecule has 0 aliphatic carbocycles. The van der Waals surface area contributed by atoms with Crippen LogP contribution in [0.3, 0.4) is 0 Å². The van der Waals surface area contributed by atoms with Crippen LogP contribution in [-0.4, -0.2) is 32.9 Å². The van der Waals surface area contributed by atoms with Crippen LogP contribution in [0.25, 0.3) is 0 Å². The van der Waals surface area contributed by atoms with Crippen LogP contribution < -0.4 is 0 Å². The zero-order valence-electron chi connectivity index (χ0n) is 16.8. The summed E-state index contributed by atoms with van der Waals surface area (Å²) >= 11 is 0. The monoisotopic (exact) mass is 362 g/mol. The third-order valence-electron chi connectivity index (χ3n) is 4.41. The summed E-state index contributed by atoms with van der Waals surface area (Å²) in [6.45, 7) is 4.28. The van der Waals surface area contributed by atoms with Gasteiger partial charge >= 0.3 is 5.97 Å². The second kappa shape index (κ2) is 13.4. The lowest BCUT2D eigenvalue weighted by Gasteiger charge is -2.12. The highest BCUT2D eigenvalue weighted by Gasteiger charge is 2.14. The minimum atomic E-state index is -0.472. The summed E-state index contributed by atoms with van der Waals surface area (Å²) in [7, 11) is 3.09. The van der Waals surface area contributed by atoms with E-state index in [2.05, 4.69) is 19.1 Å². The van der Waals surface area contributed by atoms with E-state index in [0.717, 1.165) is 18.4 Å². The van der Waals surface area contributed by atoms with Crippen LogP contribution in [0.4, 0.5) is 0 Å². The Balaban J connectivity index is 2.83. The Morgan fingerprint density at radius 2 is 1.81 bits per heavy atom. The van der Waals surface area contributed by atoms with Gasteiger partial charge in [-0.15, -0.1) is 0 Å². The van der Waals surface area contributed by atoms with Crippen LogP contribution in [0.2, 0.25) is 0 Å². The summed E-state index contributed by atoms with van der Waals surface area (Å²) in [5.41, 5.74) is 2.37. The SMILES string of the molecule is CO/C1=C\C(C)=C\CCCCCCC/C(C)=C/C=C/C(OC)COC1=O. The number of hydrogen-bond donors (Lipinski definition) is 0. The van der Waals surface area contributed by atoms with Crippen LogP contribution in [0.5, 0.6) is 0 Å². The molecule has 0 amide bonds. The Bertz CT molecular complexity index is 540. The second-order valence-electron chi connectivity index (χ2n) is 6.74. The minimum Gasteiger partial charge on any atom is -0.490 e. The summed E-state index contributed by atoms with van der Waals surface area (Å²) in [6.07, 6.45) is 17.9.